The molecule has 0 unspecified atom stereocenters. The number of aliphatic imine (C=N–C) groups is 1. The monoisotopic (exact) mass is 639 g/mol. The summed E-state index contributed by atoms with van der Waals surface area (Å²) in [6.45, 7) is 3.82. The number of methoxy groups -OCH3 is 1. The van der Waals surface area contributed by atoms with Gasteiger partial charge in [0.2, 0.25) is 11.0 Å². The normalized spacial score (nSPS) is 14.5. The van der Waals surface area contributed by atoms with Gasteiger partial charge in [0, 0.05) is 5.56 Å². The molecule has 5 rings (SSSR count). The number of aryl methyl sites for hydroxylation is 2. The maximum Gasteiger partial charge on any atom is 0.573 e. The summed E-state index contributed by atoms with van der Waals surface area (Å²) >= 11 is 6.65. The van der Waals surface area contributed by atoms with Gasteiger partial charge in [-0.25, -0.2) is 9.67 Å². The first-order chi connectivity index (χ1) is 21.0. The number of benzene rings is 3. The Morgan fingerprint density at radius 2 is 1.75 bits per heavy atom. The summed E-state index contributed by atoms with van der Waals surface area (Å²) in [4.78, 5) is 23.0. The molecule has 1 fully saturated rings. The molecule has 1 aliphatic rings. The molecule has 10 nitrogen and oxygen atoms in total. The van der Waals surface area contributed by atoms with Crippen molar-refractivity contribution in [1.29, 1.82) is 0 Å². The summed E-state index contributed by atoms with van der Waals surface area (Å²) in [7, 11) is 1.59. The standard InChI is InChI=1S/C29H24F3N7O3S2/c1-17-12-23(41-3)13-18(2)25(17)39-24(40)15-44-28(39)35-27(43)36-34-14-19-4-6-20(7-5-19)26-33-16-38(37-26)21-8-10-22(11-9-21)42-29(30,31)32/h4-14,16H,15H2,1-3H3,(H,36,43)/b34-14+,35-28-. The van der Waals surface area contributed by atoms with Crippen LogP contribution in [0.2, 0.25) is 0 Å². The van der Waals surface area contributed by atoms with E-state index in [1.165, 1.54) is 47.0 Å². The maximum absolute atomic E-state index is 12.7. The molecule has 1 saturated heterocycles. The second kappa shape index (κ2) is 12.9. The predicted octanol–water partition coefficient (Wildman–Crippen LogP) is 5.80. The van der Waals surface area contributed by atoms with Crippen molar-refractivity contribution < 1.29 is 27.4 Å². The van der Waals surface area contributed by atoms with E-state index in [9.17, 15) is 18.0 Å². The number of halogens is 3. The number of rotatable bonds is 7. The number of nitrogens with one attached hydrogen (secondary N) is 1. The van der Waals surface area contributed by atoms with E-state index in [0.717, 1.165) is 27.9 Å². The van der Waals surface area contributed by atoms with E-state index in [2.05, 4.69) is 30.3 Å². The summed E-state index contributed by atoms with van der Waals surface area (Å²) < 4.78 is 47.9. The topological polar surface area (TPSA) is 106 Å². The maximum atomic E-state index is 12.7. The zero-order valence-corrected chi connectivity index (χ0v) is 25.1. The summed E-state index contributed by atoms with van der Waals surface area (Å²) in [6.07, 6.45) is -1.73. The molecule has 0 spiro atoms. The fraction of sp³-hybridized carbons (Fsp3) is 0.172. The van der Waals surface area contributed by atoms with Crippen LogP contribution >= 0.6 is 24.0 Å². The number of anilines is 1. The van der Waals surface area contributed by atoms with Crippen LogP contribution in [0.15, 0.2) is 77.1 Å². The smallest absolute Gasteiger partial charge is 0.497 e. The minimum absolute atomic E-state index is 0.0933. The minimum Gasteiger partial charge on any atom is -0.497 e. The van der Waals surface area contributed by atoms with Crippen LogP contribution in [0.25, 0.3) is 17.1 Å². The Bertz CT molecular complexity index is 1730. The summed E-state index contributed by atoms with van der Waals surface area (Å²) in [5.41, 5.74) is 7.22. The van der Waals surface area contributed by atoms with Gasteiger partial charge in [-0.15, -0.1) is 18.3 Å². The number of aromatic nitrogens is 3. The Morgan fingerprint density at radius 3 is 2.39 bits per heavy atom. The fourth-order valence-electron chi connectivity index (χ4n) is 4.36. The van der Waals surface area contributed by atoms with E-state index < -0.39 is 6.36 Å². The van der Waals surface area contributed by atoms with Gasteiger partial charge in [0.1, 0.15) is 17.8 Å². The van der Waals surface area contributed by atoms with Crippen LogP contribution < -0.4 is 19.8 Å². The van der Waals surface area contributed by atoms with Gasteiger partial charge >= 0.3 is 6.36 Å². The molecule has 3 aromatic carbocycles. The zero-order chi connectivity index (χ0) is 31.4. The van der Waals surface area contributed by atoms with E-state index in [-0.39, 0.29) is 22.5 Å². The average Bonchev–Trinajstić information content (AvgIpc) is 3.60. The molecule has 2 heterocycles. The van der Waals surface area contributed by atoms with E-state index >= 15 is 0 Å². The second-order valence-electron chi connectivity index (χ2n) is 9.37. The van der Waals surface area contributed by atoms with Crippen molar-refractivity contribution in [2.24, 2.45) is 10.1 Å². The lowest BCUT2D eigenvalue weighted by Crippen LogP contribution is -2.32. The number of thioether (sulfide) groups is 1. The molecule has 0 radical (unpaired) electrons. The zero-order valence-electron chi connectivity index (χ0n) is 23.5. The van der Waals surface area contributed by atoms with Crippen molar-refractivity contribution in [1.82, 2.24) is 20.2 Å². The average molecular weight is 640 g/mol. The number of carbonyl (C=O) groups is 1. The van der Waals surface area contributed by atoms with Crippen molar-refractivity contribution in [2.45, 2.75) is 20.2 Å². The Morgan fingerprint density at radius 1 is 1.07 bits per heavy atom. The molecule has 1 aromatic heterocycles. The van der Waals surface area contributed by atoms with Crippen molar-refractivity contribution in [3.8, 4) is 28.6 Å². The number of ether oxygens (including phenoxy) is 2. The van der Waals surface area contributed by atoms with E-state index in [1.54, 1.807) is 30.4 Å². The summed E-state index contributed by atoms with van der Waals surface area (Å²) in [6, 6.07) is 16.3. The molecule has 0 atom stereocenters. The van der Waals surface area contributed by atoms with Gasteiger partial charge in [0.25, 0.3) is 0 Å². The van der Waals surface area contributed by atoms with E-state index in [0.29, 0.717) is 22.4 Å². The molecular weight excluding hydrogens is 615 g/mol. The second-order valence-corrected chi connectivity index (χ2v) is 10.7. The van der Waals surface area contributed by atoms with Crippen molar-refractivity contribution in [3.05, 3.63) is 83.7 Å². The predicted molar refractivity (Wildman–Crippen MR) is 167 cm³/mol. The van der Waals surface area contributed by atoms with Gasteiger partial charge in [0.15, 0.2) is 11.0 Å². The van der Waals surface area contributed by atoms with E-state index in [1.807, 2.05) is 38.1 Å². The molecule has 1 N–H and O–H groups in total. The third-order valence-electron chi connectivity index (χ3n) is 6.26. The minimum atomic E-state index is -4.76. The van der Waals surface area contributed by atoms with Gasteiger partial charge in [-0.05, 0) is 79.2 Å². The molecular formula is C29H24F3N7O3S2. The number of hydrogen-bond donors (Lipinski definition) is 1. The largest absolute Gasteiger partial charge is 0.573 e. The highest BCUT2D eigenvalue weighted by Gasteiger charge is 2.32. The third-order valence-corrected chi connectivity index (χ3v) is 7.36. The molecule has 4 aromatic rings. The van der Waals surface area contributed by atoms with Gasteiger partial charge in [-0.3, -0.25) is 15.1 Å². The highest BCUT2D eigenvalue weighted by atomic mass is 32.2. The van der Waals surface area contributed by atoms with Crippen LogP contribution in [0.3, 0.4) is 0 Å². The lowest BCUT2D eigenvalue weighted by atomic mass is 10.1. The number of hydrogen-bond acceptors (Lipinski definition) is 8. The Hall–Kier alpha value is -4.76. The molecule has 0 saturated carbocycles. The fourth-order valence-corrected chi connectivity index (χ4v) is 5.42. The number of carbonyl (C=O) groups excluding carboxylic acids is 1. The number of amides is 1. The Labute approximate surface area is 259 Å². The van der Waals surface area contributed by atoms with Crippen LogP contribution in [0, 0.1) is 13.8 Å². The number of amidine groups is 1. The third kappa shape index (κ3) is 7.23. The van der Waals surface area contributed by atoms with Gasteiger partial charge in [0.05, 0.1) is 30.5 Å². The summed E-state index contributed by atoms with van der Waals surface area (Å²) in [5, 5.41) is 9.12. The molecule has 0 bridgehead atoms. The Kier molecular flexibility index (Phi) is 8.96. The number of alkyl halides is 3. The molecule has 1 aliphatic heterocycles. The van der Waals surface area contributed by atoms with Gasteiger partial charge < -0.3 is 9.47 Å². The van der Waals surface area contributed by atoms with Crippen molar-refractivity contribution >= 4 is 52.1 Å². The van der Waals surface area contributed by atoms with Crippen LogP contribution in [0.1, 0.15) is 16.7 Å². The first kappa shape index (κ1) is 30.7. The quantitative estimate of drug-likeness (QED) is 0.154. The highest BCUT2D eigenvalue weighted by molar-refractivity contribution is 8.15. The van der Waals surface area contributed by atoms with E-state index in [4.69, 9.17) is 17.0 Å². The summed E-state index contributed by atoms with van der Waals surface area (Å²) in [5.74, 6) is 0.964. The molecule has 44 heavy (non-hydrogen) atoms. The number of thiocarbonyl (C=S) groups is 1. The molecule has 15 heteroatoms. The van der Waals surface area contributed by atoms with Gasteiger partial charge in [-0.2, -0.15) is 10.1 Å². The van der Waals surface area contributed by atoms with Crippen molar-refractivity contribution in [3.63, 3.8) is 0 Å². The first-order valence-corrected chi connectivity index (χ1v) is 14.3. The van der Waals surface area contributed by atoms with Gasteiger partial charge in [-0.1, -0.05) is 36.0 Å². The lowest BCUT2D eigenvalue weighted by molar-refractivity contribution is -0.274. The van der Waals surface area contributed by atoms with Crippen LogP contribution in [0.5, 0.6) is 11.5 Å². The van der Waals surface area contributed by atoms with Crippen LogP contribution in [-0.4, -0.2) is 56.4 Å². The Balaban J connectivity index is 1.21. The first-order valence-electron chi connectivity index (χ1n) is 12.9. The van der Waals surface area contributed by atoms with Crippen LogP contribution in [-0.2, 0) is 4.79 Å². The highest BCUT2D eigenvalue weighted by Crippen LogP contribution is 2.35. The molecule has 0 aliphatic carbocycles. The van der Waals surface area contributed by atoms with Crippen LogP contribution in [0.4, 0.5) is 18.9 Å². The molecule has 226 valence electrons. The number of hydrazone groups is 1. The lowest BCUT2D eigenvalue weighted by Gasteiger charge is -2.21. The molecule has 1 amide bonds. The van der Waals surface area contributed by atoms with Crippen molar-refractivity contribution in [2.75, 3.05) is 17.8 Å². The number of nitrogens with zero attached hydrogens (tertiary/aromatic N) is 6. The SMILES string of the molecule is COc1cc(C)c(N2C(=O)CS/C2=N\C(=S)N/N=C/c2ccc(-c3ncn(-c4ccc(OC(F)(F)F)cc4)n3)cc2)c(C)c1.